The van der Waals surface area contributed by atoms with Crippen LogP contribution in [0, 0.1) is 0 Å². The molecule has 1 atom stereocenters. The number of rotatable bonds is 7. The van der Waals surface area contributed by atoms with Crippen LogP contribution in [0.4, 0.5) is 0 Å². The van der Waals surface area contributed by atoms with E-state index in [0.29, 0.717) is 49.4 Å². The predicted molar refractivity (Wildman–Crippen MR) is 142 cm³/mol. The van der Waals surface area contributed by atoms with Crippen LogP contribution in [0.3, 0.4) is 0 Å². The van der Waals surface area contributed by atoms with E-state index in [2.05, 4.69) is 11.8 Å². The normalized spacial score (nSPS) is 18.0. The van der Waals surface area contributed by atoms with Gasteiger partial charge in [0, 0.05) is 31.6 Å². The van der Waals surface area contributed by atoms with Gasteiger partial charge in [0.05, 0.1) is 36.8 Å². The Labute approximate surface area is 215 Å². The van der Waals surface area contributed by atoms with Gasteiger partial charge in [-0.1, -0.05) is 49.4 Å². The van der Waals surface area contributed by atoms with Crippen molar-refractivity contribution in [2.75, 3.05) is 46.0 Å². The molecule has 37 heavy (non-hydrogen) atoms. The molecule has 0 bridgehead atoms. The summed E-state index contributed by atoms with van der Waals surface area (Å²) in [5, 5.41) is 2.28. The number of carbonyl (C=O) groups is 1. The second kappa shape index (κ2) is 10.00. The Hall–Kier alpha value is -3.68. The van der Waals surface area contributed by atoms with Crippen molar-refractivity contribution in [3.8, 4) is 5.75 Å². The van der Waals surface area contributed by atoms with Crippen LogP contribution in [-0.2, 0) is 4.74 Å². The first-order valence-corrected chi connectivity index (χ1v) is 13.0. The van der Waals surface area contributed by atoms with Crippen LogP contribution >= 0.6 is 0 Å². The standard InChI is InChI=1S/C30H30N2O5/c1-2-16-36-22-8-5-7-21(19-22)26-25-27(33)24-11-10-20-6-3-4-9-23(20)28(24)37-29(25)30(34)32(26)13-12-31-14-17-35-18-15-31/h3-11,19,26H,2,12-18H2,1H3. The second-order valence-corrected chi connectivity index (χ2v) is 9.61. The van der Waals surface area contributed by atoms with Gasteiger partial charge in [0.25, 0.3) is 5.91 Å². The highest BCUT2D eigenvalue weighted by Crippen LogP contribution is 2.40. The third-order valence-corrected chi connectivity index (χ3v) is 7.27. The lowest BCUT2D eigenvalue weighted by Crippen LogP contribution is -2.42. The van der Waals surface area contributed by atoms with Gasteiger partial charge in [-0.25, -0.2) is 0 Å². The summed E-state index contributed by atoms with van der Waals surface area (Å²) in [5.74, 6) is 0.616. The molecule has 0 aliphatic carbocycles. The Kier molecular flexibility index (Phi) is 6.40. The zero-order valence-electron chi connectivity index (χ0n) is 20.9. The van der Waals surface area contributed by atoms with Crippen LogP contribution < -0.4 is 10.2 Å². The number of ether oxygens (including phenoxy) is 2. The third kappa shape index (κ3) is 4.28. The highest BCUT2D eigenvalue weighted by atomic mass is 16.5. The van der Waals surface area contributed by atoms with Gasteiger partial charge >= 0.3 is 0 Å². The van der Waals surface area contributed by atoms with Crippen LogP contribution in [0.5, 0.6) is 5.75 Å². The first-order chi connectivity index (χ1) is 18.2. The van der Waals surface area contributed by atoms with Crippen molar-refractivity contribution in [2.45, 2.75) is 19.4 Å². The number of benzene rings is 3. The van der Waals surface area contributed by atoms with Gasteiger partial charge in [-0.05, 0) is 35.6 Å². The monoisotopic (exact) mass is 498 g/mol. The highest BCUT2D eigenvalue weighted by Gasteiger charge is 2.43. The summed E-state index contributed by atoms with van der Waals surface area (Å²) in [6.07, 6.45) is 0.893. The van der Waals surface area contributed by atoms with E-state index in [1.165, 1.54) is 0 Å². The molecule has 3 aromatic carbocycles. The van der Waals surface area contributed by atoms with E-state index in [-0.39, 0.29) is 17.1 Å². The molecule has 7 heteroatoms. The van der Waals surface area contributed by atoms with Gasteiger partial charge in [-0.15, -0.1) is 0 Å². The molecule has 190 valence electrons. The van der Waals surface area contributed by atoms with Crippen molar-refractivity contribution in [3.63, 3.8) is 0 Å². The minimum Gasteiger partial charge on any atom is -0.494 e. The molecule has 1 amide bonds. The molecule has 1 fully saturated rings. The van der Waals surface area contributed by atoms with Crippen molar-refractivity contribution in [2.24, 2.45) is 0 Å². The van der Waals surface area contributed by atoms with Gasteiger partial charge in [-0.2, -0.15) is 0 Å². The van der Waals surface area contributed by atoms with Gasteiger partial charge < -0.3 is 18.8 Å². The first kappa shape index (κ1) is 23.7. The fourth-order valence-electron chi connectivity index (χ4n) is 5.39. The molecule has 0 saturated carbocycles. The van der Waals surface area contributed by atoms with Gasteiger partial charge in [0.1, 0.15) is 11.3 Å². The van der Waals surface area contributed by atoms with Crippen LogP contribution in [0.25, 0.3) is 21.7 Å². The van der Waals surface area contributed by atoms with Crippen LogP contribution in [0.2, 0.25) is 0 Å². The average Bonchev–Trinajstić information content (AvgIpc) is 3.23. The Morgan fingerprint density at radius 1 is 0.946 bits per heavy atom. The number of hydrogen-bond donors (Lipinski definition) is 0. The van der Waals surface area contributed by atoms with E-state index >= 15 is 0 Å². The van der Waals surface area contributed by atoms with Crippen LogP contribution in [-0.4, -0.2) is 61.7 Å². The molecular weight excluding hydrogens is 468 g/mol. The first-order valence-electron chi connectivity index (χ1n) is 13.0. The van der Waals surface area contributed by atoms with Crippen molar-refractivity contribution in [1.82, 2.24) is 9.80 Å². The summed E-state index contributed by atoms with van der Waals surface area (Å²) < 4.78 is 17.7. The lowest BCUT2D eigenvalue weighted by Gasteiger charge is -2.31. The van der Waals surface area contributed by atoms with Crippen LogP contribution in [0.15, 0.2) is 69.9 Å². The summed E-state index contributed by atoms with van der Waals surface area (Å²) in [7, 11) is 0. The maximum absolute atomic E-state index is 14.0. The molecule has 4 aromatic rings. The number of carbonyl (C=O) groups excluding carboxylic acids is 1. The second-order valence-electron chi connectivity index (χ2n) is 9.61. The maximum Gasteiger partial charge on any atom is 0.290 e. The summed E-state index contributed by atoms with van der Waals surface area (Å²) in [6.45, 7) is 6.86. The molecule has 6 rings (SSSR count). The van der Waals surface area contributed by atoms with Gasteiger partial charge in [0.15, 0.2) is 5.43 Å². The van der Waals surface area contributed by atoms with E-state index in [1.54, 1.807) is 4.90 Å². The third-order valence-electron chi connectivity index (χ3n) is 7.27. The van der Waals surface area contributed by atoms with Gasteiger partial charge in [0.2, 0.25) is 5.76 Å². The number of morpholine rings is 1. The fraction of sp³-hybridized carbons (Fsp3) is 0.333. The number of nitrogens with zero attached hydrogens (tertiary/aromatic N) is 2. The van der Waals surface area contributed by atoms with E-state index in [1.807, 2.05) is 60.7 Å². The molecule has 2 aliphatic heterocycles. The lowest BCUT2D eigenvalue weighted by molar-refractivity contribution is 0.0314. The molecule has 0 N–H and O–H groups in total. The number of fused-ring (bicyclic) bond motifs is 4. The predicted octanol–water partition coefficient (Wildman–Crippen LogP) is 4.61. The minimum atomic E-state index is -0.541. The fourth-order valence-corrected chi connectivity index (χ4v) is 5.39. The Morgan fingerprint density at radius 3 is 2.62 bits per heavy atom. The quantitative estimate of drug-likeness (QED) is 0.347. The van der Waals surface area contributed by atoms with E-state index in [0.717, 1.165) is 41.6 Å². The Morgan fingerprint density at radius 2 is 1.78 bits per heavy atom. The number of hydrogen-bond acceptors (Lipinski definition) is 6. The van der Waals surface area contributed by atoms with E-state index in [4.69, 9.17) is 13.9 Å². The minimum absolute atomic E-state index is 0.140. The Bertz CT molecular complexity index is 1520. The van der Waals surface area contributed by atoms with Crippen molar-refractivity contribution < 1.29 is 18.7 Å². The van der Waals surface area contributed by atoms with E-state index in [9.17, 15) is 9.59 Å². The molecule has 0 spiro atoms. The van der Waals surface area contributed by atoms with Crippen molar-refractivity contribution in [1.29, 1.82) is 0 Å². The Balaban J connectivity index is 1.48. The van der Waals surface area contributed by atoms with Crippen molar-refractivity contribution in [3.05, 3.63) is 87.8 Å². The summed E-state index contributed by atoms with van der Waals surface area (Å²) in [6, 6.07) is 18.7. The molecule has 7 nitrogen and oxygen atoms in total. The lowest BCUT2D eigenvalue weighted by atomic mass is 9.97. The molecule has 1 unspecified atom stereocenters. The van der Waals surface area contributed by atoms with E-state index < -0.39 is 6.04 Å². The summed E-state index contributed by atoms with van der Waals surface area (Å²) in [5.41, 5.74) is 1.55. The molecule has 2 aliphatic rings. The molecule has 0 radical (unpaired) electrons. The molecule has 3 heterocycles. The molecule has 1 aromatic heterocycles. The summed E-state index contributed by atoms with van der Waals surface area (Å²) in [4.78, 5) is 31.9. The largest absolute Gasteiger partial charge is 0.494 e. The zero-order chi connectivity index (χ0) is 25.4. The summed E-state index contributed by atoms with van der Waals surface area (Å²) >= 11 is 0. The zero-order valence-corrected chi connectivity index (χ0v) is 20.9. The smallest absolute Gasteiger partial charge is 0.290 e. The SMILES string of the molecule is CCCOc1cccc(C2c3c(oc4c(ccc5ccccc54)c3=O)C(=O)N2CCN2CCOCC2)c1. The maximum atomic E-state index is 14.0. The molecule has 1 saturated heterocycles. The highest BCUT2D eigenvalue weighted by molar-refractivity contribution is 6.06. The number of amides is 1. The molecular formula is C30H30N2O5. The topological polar surface area (TPSA) is 72.2 Å². The van der Waals surface area contributed by atoms with Crippen molar-refractivity contribution >= 4 is 27.6 Å². The average molecular weight is 499 g/mol. The van der Waals surface area contributed by atoms with Crippen LogP contribution in [0.1, 0.15) is 41.1 Å². The van der Waals surface area contributed by atoms with Gasteiger partial charge in [-0.3, -0.25) is 14.5 Å².